The second-order valence-electron chi connectivity index (χ2n) is 11.7. The van der Waals surface area contributed by atoms with Gasteiger partial charge in [-0.15, -0.1) is 0 Å². The topological polar surface area (TPSA) is 129 Å². The third-order valence-corrected chi connectivity index (χ3v) is 8.14. The number of anilines is 1. The van der Waals surface area contributed by atoms with Crippen LogP contribution in [0.4, 0.5) is 19.0 Å². The number of pyridine rings is 2. The highest BCUT2D eigenvalue weighted by Gasteiger charge is 2.47. The van der Waals surface area contributed by atoms with E-state index in [1.807, 2.05) is 13.8 Å². The highest BCUT2D eigenvalue weighted by atomic mass is 19.3. The first-order valence-corrected chi connectivity index (χ1v) is 14.5. The Labute approximate surface area is 257 Å². The minimum absolute atomic E-state index is 0.00531. The summed E-state index contributed by atoms with van der Waals surface area (Å²) < 4.78 is 49.4. The van der Waals surface area contributed by atoms with Crippen LogP contribution < -0.4 is 16.2 Å². The summed E-state index contributed by atoms with van der Waals surface area (Å²) in [7, 11) is 3.14. The summed E-state index contributed by atoms with van der Waals surface area (Å²) in [6, 6.07) is 8.36. The first-order valence-electron chi connectivity index (χ1n) is 14.5. The number of benzene rings is 1. The Kier molecular flexibility index (Phi) is 8.82. The van der Waals surface area contributed by atoms with Crippen molar-refractivity contribution in [3.63, 3.8) is 0 Å². The first-order chi connectivity index (χ1) is 21.3. The van der Waals surface area contributed by atoms with E-state index in [4.69, 9.17) is 4.74 Å². The number of halogens is 3. The number of carbonyl (C=O) groups excluding carboxylic acids is 2. The normalized spacial score (nSPS) is 16.8. The number of aromatic nitrogens is 2. The van der Waals surface area contributed by atoms with Crippen LogP contribution >= 0.6 is 0 Å². The van der Waals surface area contributed by atoms with E-state index in [0.717, 1.165) is 23.8 Å². The Morgan fingerprint density at radius 2 is 1.87 bits per heavy atom. The molecule has 1 aromatic carbocycles. The van der Waals surface area contributed by atoms with E-state index in [1.54, 1.807) is 25.4 Å². The number of rotatable bonds is 10. The van der Waals surface area contributed by atoms with Crippen molar-refractivity contribution in [2.45, 2.75) is 57.2 Å². The van der Waals surface area contributed by atoms with Crippen LogP contribution in [-0.4, -0.2) is 64.5 Å². The molecule has 2 aromatic heterocycles. The van der Waals surface area contributed by atoms with Gasteiger partial charge in [0.2, 0.25) is 0 Å². The van der Waals surface area contributed by atoms with Crippen molar-refractivity contribution in [1.82, 2.24) is 19.8 Å². The minimum Gasteiger partial charge on any atom is -0.380 e. The number of nitrogens with one attached hydrogen (secondary N) is 2. The molecule has 0 spiro atoms. The Hall–Kier alpha value is -4.54. The number of aryl methyl sites for hydroxylation is 1. The van der Waals surface area contributed by atoms with Crippen molar-refractivity contribution in [2.75, 3.05) is 25.5 Å². The van der Waals surface area contributed by atoms with Crippen LogP contribution in [0.2, 0.25) is 0 Å². The van der Waals surface area contributed by atoms with Crippen molar-refractivity contribution in [1.29, 1.82) is 5.26 Å². The lowest BCUT2D eigenvalue weighted by Crippen LogP contribution is -2.58. The van der Waals surface area contributed by atoms with Gasteiger partial charge in [-0.2, -0.15) is 5.26 Å². The molecule has 0 unspecified atom stereocenters. The molecule has 2 aliphatic rings. The minimum atomic E-state index is -3.04. The third kappa shape index (κ3) is 6.92. The van der Waals surface area contributed by atoms with Crippen LogP contribution in [0.25, 0.3) is 11.1 Å². The second-order valence-corrected chi connectivity index (χ2v) is 11.7. The highest BCUT2D eigenvalue weighted by Crippen LogP contribution is 2.42. The number of hydrogen-bond acceptors (Lipinski definition) is 7. The maximum atomic E-state index is 15.6. The smallest absolute Gasteiger partial charge is 0.282 e. The molecule has 2 atom stereocenters. The van der Waals surface area contributed by atoms with Gasteiger partial charge in [-0.3, -0.25) is 14.4 Å². The molecule has 2 fully saturated rings. The summed E-state index contributed by atoms with van der Waals surface area (Å²) in [4.78, 5) is 45.1. The number of amides is 2. The number of nitriles is 1. The summed E-state index contributed by atoms with van der Waals surface area (Å²) in [5.41, 5.74) is 0.120. The number of nitrogens with zero attached hydrogens (tertiary/aromatic N) is 4. The number of hydrogen-bond donors (Lipinski definition) is 2. The van der Waals surface area contributed by atoms with Gasteiger partial charge < -0.3 is 24.8 Å². The Bertz CT molecular complexity index is 1760. The lowest BCUT2D eigenvalue weighted by atomic mass is 9.94. The van der Waals surface area contributed by atoms with Gasteiger partial charge >= 0.3 is 0 Å². The molecule has 5 rings (SSSR count). The summed E-state index contributed by atoms with van der Waals surface area (Å²) >= 11 is 0. The van der Waals surface area contributed by atoms with Gasteiger partial charge in [0.1, 0.15) is 17.2 Å². The van der Waals surface area contributed by atoms with Gasteiger partial charge in [-0.25, -0.2) is 18.2 Å². The Morgan fingerprint density at radius 1 is 1.16 bits per heavy atom. The molecule has 0 bridgehead atoms. The first kappa shape index (κ1) is 31.9. The summed E-state index contributed by atoms with van der Waals surface area (Å²) in [6.45, 7) is 2.60. The number of carbonyl (C=O) groups is 2. The predicted octanol–water partition coefficient (Wildman–Crippen LogP) is 4.19. The zero-order valence-corrected chi connectivity index (χ0v) is 25.3. The summed E-state index contributed by atoms with van der Waals surface area (Å²) in [5.74, 6) is -5.47. The molecule has 1 saturated heterocycles. The van der Waals surface area contributed by atoms with Gasteiger partial charge in [-0.1, -0.05) is 0 Å². The number of alkyl halides is 2. The summed E-state index contributed by atoms with van der Waals surface area (Å²) in [5, 5.41) is 15.4. The molecule has 0 radical (unpaired) electrons. The molecule has 1 aliphatic carbocycles. The third-order valence-electron chi connectivity index (χ3n) is 8.14. The summed E-state index contributed by atoms with van der Waals surface area (Å²) in [6.07, 6.45) is 3.18. The van der Waals surface area contributed by atoms with E-state index in [2.05, 4.69) is 15.6 Å². The Morgan fingerprint density at radius 3 is 2.49 bits per heavy atom. The molecule has 3 heterocycles. The van der Waals surface area contributed by atoms with Crippen molar-refractivity contribution >= 4 is 17.6 Å². The Balaban J connectivity index is 1.49. The molecular formula is C32H33F3N6O4. The lowest BCUT2D eigenvalue weighted by molar-refractivity contribution is -0.113. The molecule has 3 aromatic rings. The molecule has 2 amide bonds. The van der Waals surface area contributed by atoms with Gasteiger partial charge in [0.15, 0.2) is 0 Å². The van der Waals surface area contributed by atoms with Crippen LogP contribution in [0.5, 0.6) is 0 Å². The van der Waals surface area contributed by atoms with Gasteiger partial charge in [-0.05, 0) is 68.1 Å². The van der Waals surface area contributed by atoms with E-state index in [9.17, 15) is 28.4 Å². The maximum Gasteiger partial charge on any atom is 0.282 e. The van der Waals surface area contributed by atoms with E-state index in [-0.39, 0.29) is 51.7 Å². The fourth-order valence-electron chi connectivity index (χ4n) is 5.18. The zero-order valence-electron chi connectivity index (χ0n) is 25.3. The molecule has 13 heteroatoms. The highest BCUT2D eigenvalue weighted by molar-refractivity contribution is 6.05. The van der Waals surface area contributed by atoms with Gasteiger partial charge in [0.25, 0.3) is 23.3 Å². The maximum absolute atomic E-state index is 15.6. The van der Waals surface area contributed by atoms with Crippen molar-refractivity contribution in [2.24, 2.45) is 7.05 Å². The average Bonchev–Trinajstić information content (AvgIpc) is 3.84. The van der Waals surface area contributed by atoms with E-state index in [0.29, 0.717) is 17.8 Å². The van der Waals surface area contributed by atoms with Crippen LogP contribution in [0, 0.1) is 17.1 Å². The monoisotopic (exact) mass is 622 g/mol. The average molecular weight is 623 g/mol. The van der Waals surface area contributed by atoms with Gasteiger partial charge in [0.05, 0.1) is 36.4 Å². The molecule has 1 saturated carbocycles. The van der Waals surface area contributed by atoms with Crippen LogP contribution in [0.3, 0.4) is 0 Å². The van der Waals surface area contributed by atoms with Crippen LogP contribution in [0.15, 0.2) is 41.3 Å². The fraction of sp³-hybridized carbons (Fsp3) is 0.406. The van der Waals surface area contributed by atoms with Gasteiger partial charge in [0, 0.05) is 50.1 Å². The predicted molar refractivity (Wildman–Crippen MR) is 160 cm³/mol. The quantitative estimate of drug-likeness (QED) is 0.347. The number of ether oxygens (including phenoxy) is 1. The molecule has 10 nitrogen and oxygen atoms in total. The molecular weight excluding hydrogens is 589 g/mol. The van der Waals surface area contributed by atoms with Crippen LogP contribution in [-0.2, 0) is 18.3 Å². The molecule has 45 heavy (non-hydrogen) atoms. The SMILES string of the molecule is CO[C@@H](C)[C@H](C)NCc1cc(C(=O)Nc2cc(-c3c(F)cc(C#N)cc3C(=O)N3CC(F)(F)C3)cc(C3CC3)n2)c(=O)n(C)c1. The van der Waals surface area contributed by atoms with E-state index in [1.165, 1.54) is 29.8 Å². The fourth-order valence-corrected chi connectivity index (χ4v) is 5.18. The number of methoxy groups -OCH3 is 1. The van der Waals surface area contributed by atoms with Crippen LogP contribution in [0.1, 0.15) is 70.1 Å². The standard InChI is InChI=1S/C32H33F3N6O4/c1-17(18(2)45-4)37-13-20-8-24(30(43)40(3)14-20)29(42)39-27-11-22(10-26(38-27)21-5-6-21)28-23(7-19(12-36)9-25(28)33)31(44)41-15-32(34,35)16-41/h7-11,14,17-18,21,37H,5-6,13,15-16H2,1-4H3,(H,38,39,42)/t17-,18-/m0/s1. The molecule has 2 N–H and O–H groups in total. The van der Waals surface area contributed by atoms with E-state index >= 15 is 4.39 Å². The van der Waals surface area contributed by atoms with Crippen molar-refractivity contribution in [3.8, 4) is 17.2 Å². The lowest BCUT2D eigenvalue weighted by Gasteiger charge is -2.39. The largest absolute Gasteiger partial charge is 0.380 e. The van der Waals surface area contributed by atoms with Crippen molar-refractivity contribution < 1.29 is 27.5 Å². The zero-order chi connectivity index (χ0) is 32.6. The van der Waals surface area contributed by atoms with Crippen molar-refractivity contribution in [3.05, 3.63) is 80.6 Å². The second kappa shape index (κ2) is 12.5. The molecule has 236 valence electrons. The van der Waals surface area contributed by atoms with E-state index < -0.39 is 42.2 Å². The molecule has 1 aliphatic heterocycles. The number of likely N-dealkylation sites (tertiary alicyclic amines) is 1.